The second kappa shape index (κ2) is 9.31. The average molecular weight is 472 g/mol. The van der Waals surface area contributed by atoms with Crippen molar-refractivity contribution < 1.29 is 4.79 Å². The van der Waals surface area contributed by atoms with Crippen molar-refractivity contribution in [2.45, 2.75) is 13.8 Å². The summed E-state index contributed by atoms with van der Waals surface area (Å²) in [5.41, 5.74) is 5.44. The number of hydrogen-bond donors (Lipinski definition) is 1. The number of aryl methyl sites for hydroxylation is 1. The molecule has 0 bridgehead atoms. The Morgan fingerprint density at radius 2 is 1.50 bits per heavy atom. The van der Waals surface area contributed by atoms with E-state index < -0.39 is 0 Å². The van der Waals surface area contributed by atoms with Crippen LogP contribution < -0.4 is 15.1 Å². The molecule has 1 aliphatic heterocycles. The number of anilines is 3. The first kappa shape index (κ1) is 22.2. The van der Waals surface area contributed by atoms with Gasteiger partial charge in [0.2, 0.25) is 11.9 Å². The Balaban J connectivity index is 1.49. The van der Waals surface area contributed by atoms with Crippen LogP contribution in [-0.2, 0) is 4.79 Å². The number of piperazine rings is 1. The highest BCUT2D eigenvalue weighted by atomic mass is 35.5. The lowest BCUT2D eigenvalue weighted by atomic mass is 10.0. The number of fused-ring (bicyclic) bond motifs is 1. The topological polar surface area (TPSA) is 61.4 Å². The second-order valence-corrected chi connectivity index (χ2v) is 9.04. The summed E-state index contributed by atoms with van der Waals surface area (Å²) < 4.78 is 0. The molecule has 3 aromatic carbocycles. The summed E-state index contributed by atoms with van der Waals surface area (Å²) in [4.78, 5) is 25.7. The van der Waals surface area contributed by atoms with Crippen LogP contribution in [0, 0.1) is 6.92 Å². The maximum atomic E-state index is 11.7. The first-order valence-corrected chi connectivity index (χ1v) is 11.8. The Morgan fingerprint density at radius 1 is 0.853 bits per heavy atom. The van der Waals surface area contributed by atoms with Crippen molar-refractivity contribution in [3.8, 4) is 11.1 Å². The van der Waals surface area contributed by atoms with Gasteiger partial charge in [0, 0.05) is 49.2 Å². The highest BCUT2D eigenvalue weighted by Crippen LogP contribution is 2.32. The van der Waals surface area contributed by atoms with Crippen molar-refractivity contribution in [3.05, 3.63) is 77.3 Å². The van der Waals surface area contributed by atoms with Gasteiger partial charge in [-0.25, -0.2) is 4.98 Å². The fourth-order valence-corrected chi connectivity index (χ4v) is 4.45. The molecule has 4 aromatic rings. The molecule has 5 rings (SSSR count). The van der Waals surface area contributed by atoms with E-state index in [1.165, 1.54) is 18.2 Å². The Labute approximate surface area is 204 Å². The third kappa shape index (κ3) is 4.68. The molecule has 0 atom stereocenters. The molecule has 1 amide bonds. The second-order valence-electron chi connectivity index (χ2n) is 8.60. The van der Waals surface area contributed by atoms with Crippen LogP contribution in [0.1, 0.15) is 12.5 Å². The first-order chi connectivity index (χ1) is 16.5. The average Bonchev–Trinajstić information content (AvgIpc) is 2.84. The molecule has 0 unspecified atom stereocenters. The summed E-state index contributed by atoms with van der Waals surface area (Å²) in [6.45, 7) is 7.00. The molecule has 34 heavy (non-hydrogen) atoms. The molecular formula is C27H26ClN5O. The molecule has 6 nitrogen and oxygen atoms in total. The Bertz CT molecular complexity index is 1330. The van der Waals surface area contributed by atoms with Gasteiger partial charge in [-0.15, -0.1) is 0 Å². The summed E-state index contributed by atoms with van der Waals surface area (Å²) in [5.74, 6) is 0.982. The van der Waals surface area contributed by atoms with Gasteiger partial charge in [-0.2, -0.15) is 4.98 Å². The number of carbonyl (C=O) groups is 1. The lowest BCUT2D eigenvalue weighted by molar-refractivity contribution is -0.114. The SMILES string of the molecule is CC(=O)Nc1nc(N2CCN(c3ccc(C)cc3)CC2)c2cc(-c3ccc(Cl)cc3)ccc2n1. The van der Waals surface area contributed by atoms with Gasteiger partial charge in [0.05, 0.1) is 5.52 Å². The molecule has 0 aliphatic carbocycles. The molecule has 172 valence electrons. The van der Waals surface area contributed by atoms with Gasteiger partial charge < -0.3 is 9.80 Å². The maximum Gasteiger partial charge on any atom is 0.231 e. The number of benzene rings is 3. The van der Waals surface area contributed by atoms with Gasteiger partial charge in [0.25, 0.3) is 0 Å². The van der Waals surface area contributed by atoms with Crippen molar-refractivity contribution in [2.24, 2.45) is 0 Å². The van der Waals surface area contributed by atoms with Crippen molar-refractivity contribution in [1.82, 2.24) is 9.97 Å². The van der Waals surface area contributed by atoms with E-state index in [1.54, 1.807) is 0 Å². The zero-order valence-corrected chi connectivity index (χ0v) is 20.0. The van der Waals surface area contributed by atoms with E-state index in [-0.39, 0.29) is 5.91 Å². The fraction of sp³-hybridized carbons (Fsp3) is 0.222. The molecular weight excluding hydrogens is 446 g/mol. The number of halogens is 1. The summed E-state index contributed by atoms with van der Waals surface area (Å²) in [6.07, 6.45) is 0. The predicted octanol–water partition coefficient (Wildman–Crippen LogP) is 5.54. The zero-order valence-electron chi connectivity index (χ0n) is 19.3. The third-order valence-electron chi connectivity index (χ3n) is 6.12. The summed E-state index contributed by atoms with van der Waals surface area (Å²) >= 11 is 6.08. The molecule has 1 aliphatic rings. The molecule has 0 spiro atoms. The molecule has 0 radical (unpaired) electrons. The Hall–Kier alpha value is -3.64. The molecule has 2 heterocycles. The lowest BCUT2D eigenvalue weighted by Gasteiger charge is -2.37. The Morgan fingerprint density at radius 3 is 2.18 bits per heavy atom. The minimum atomic E-state index is -0.188. The van der Waals surface area contributed by atoms with Crippen molar-refractivity contribution in [2.75, 3.05) is 41.3 Å². The number of carbonyl (C=O) groups excluding carboxylic acids is 1. The maximum absolute atomic E-state index is 11.7. The summed E-state index contributed by atoms with van der Waals surface area (Å²) in [7, 11) is 0. The van der Waals surface area contributed by atoms with Gasteiger partial charge in [0.1, 0.15) is 5.82 Å². The predicted molar refractivity (Wildman–Crippen MR) is 140 cm³/mol. The molecule has 1 aromatic heterocycles. The van der Waals surface area contributed by atoms with E-state index in [1.807, 2.05) is 36.4 Å². The van der Waals surface area contributed by atoms with Crippen LogP contribution in [0.15, 0.2) is 66.7 Å². The normalized spacial score (nSPS) is 13.9. The van der Waals surface area contributed by atoms with Crippen LogP contribution in [0.2, 0.25) is 5.02 Å². The number of aromatic nitrogens is 2. The third-order valence-corrected chi connectivity index (χ3v) is 6.37. The van der Waals surface area contributed by atoms with E-state index in [9.17, 15) is 4.79 Å². The van der Waals surface area contributed by atoms with Crippen LogP contribution in [-0.4, -0.2) is 42.1 Å². The van der Waals surface area contributed by atoms with Gasteiger partial charge >= 0.3 is 0 Å². The minimum absolute atomic E-state index is 0.188. The lowest BCUT2D eigenvalue weighted by Crippen LogP contribution is -2.47. The highest BCUT2D eigenvalue weighted by molar-refractivity contribution is 6.30. The Kier molecular flexibility index (Phi) is 6.07. The van der Waals surface area contributed by atoms with Crippen molar-refractivity contribution >= 4 is 45.9 Å². The van der Waals surface area contributed by atoms with E-state index in [0.717, 1.165) is 54.0 Å². The number of nitrogens with zero attached hydrogens (tertiary/aromatic N) is 4. The molecule has 1 saturated heterocycles. The number of hydrogen-bond acceptors (Lipinski definition) is 5. The van der Waals surface area contributed by atoms with Crippen molar-refractivity contribution in [1.29, 1.82) is 0 Å². The first-order valence-electron chi connectivity index (χ1n) is 11.4. The van der Waals surface area contributed by atoms with E-state index in [4.69, 9.17) is 16.6 Å². The van der Waals surface area contributed by atoms with Crippen LogP contribution in [0.5, 0.6) is 0 Å². The molecule has 1 N–H and O–H groups in total. The van der Waals surface area contributed by atoms with Crippen LogP contribution >= 0.6 is 11.6 Å². The number of amides is 1. The van der Waals surface area contributed by atoms with E-state index in [2.05, 4.69) is 57.4 Å². The van der Waals surface area contributed by atoms with Gasteiger partial charge in [-0.1, -0.05) is 47.5 Å². The minimum Gasteiger partial charge on any atom is -0.368 e. The van der Waals surface area contributed by atoms with Crippen LogP contribution in [0.4, 0.5) is 17.5 Å². The van der Waals surface area contributed by atoms with Crippen LogP contribution in [0.25, 0.3) is 22.0 Å². The molecule has 1 fully saturated rings. The summed E-state index contributed by atoms with van der Waals surface area (Å²) in [6, 6.07) is 22.6. The zero-order chi connectivity index (χ0) is 23.7. The molecule has 0 saturated carbocycles. The number of nitrogens with one attached hydrogen (secondary N) is 1. The summed E-state index contributed by atoms with van der Waals surface area (Å²) in [5, 5.41) is 4.43. The number of rotatable bonds is 4. The fourth-order valence-electron chi connectivity index (χ4n) is 4.32. The monoisotopic (exact) mass is 471 g/mol. The quantitative estimate of drug-likeness (QED) is 0.423. The van der Waals surface area contributed by atoms with E-state index in [0.29, 0.717) is 11.0 Å². The largest absolute Gasteiger partial charge is 0.368 e. The van der Waals surface area contributed by atoms with Gasteiger partial charge in [0.15, 0.2) is 0 Å². The smallest absolute Gasteiger partial charge is 0.231 e. The van der Waals surface area contributed by atoms with Crippen molar-refractivity contribution in [3.63, 3.8) is 0 Å². The standard InChI is InChI=1S/C27H26ClN5O/c1-18-3-10-23(11-4-18)32-13-15-33(16-14-32)26-24-17-21(20-5-8-22(28)9-6-20)7-12-25(24)30-27(31-26)29-19(2)34/h3-12,17H,13-16H2,1-2H3,(H,29,30,31,34). The van der Waals surface area contributed by atoms with Crippen LogP contribution in [0.3, 0.4) is 0 Å². The highest BCUT2D eigenvalue weighted by Gasteiger charge is 2.22. The molecule has 7 heteroatoms. The van der Waals surface area contributed by atoms with E-state index >= 15 is 0 Å². The van der Waals surface area contributed by atoms with Gasteiger partial charge in [-0.3, -0.25) is 10.1 Å². The van der Waals surface area contributed by atoms with Gasteiger partial charge in [-0.05, 0) is 54.4 Å².